The fraction of sp³-hybridized carbons (Fsp3) is 0.217. The Labute approximate surface area is 149 Å². The summed E-state index contributed by atoms with van der Waals surface area (Å²) >= 11 is 0. The molecule has 1 heterocycles. The third kappa shape index (κ3) is 3.37. The molecule has 2 heteroatoms. The Morgan fingerprint density at radius 2 is 1.04 bits per heavy atom. The van der Waals surface area contributed by atoms with Gasteiger partial charge in [0.25, 0.3) is 0 Å². The van der Waals surface area contributed by atoms with Crippen molar-refractivity contribution in [1.82, 2.24) is 4.90 Å². The van der Waals surface area contributed by atoms with Crippen molar-refractivity contribution in [1.29, 1.82) is 0 Å². The van der Waals surface area contributed by atoms with Gasteiger partial charge in [-0.25, -0.2) is 0 Å². The minimum Gasteiger partial charge on any atom is -0.324 e. The van der Waals surface area contributed by atoms with Crippen LogP contribution in [0.4, 0.5) is 0 Å². The molecule has 0 aliphatic carbocycles. The summed E-state index contributed by atoms with van der Waals surface area (Å²) < 4.78 is 0. The number of hydrogen-bond acceptors (Lipinski definition) is 2. The van der Waals surface area contributed by atoms with Gasteiger partial charge in [-0.3, -0.25) is 4.90 Å². The van der Waals surface area contributed by atoms with Crippen LogP contribution in [0.5, 0.6) is 0 Å². The molecule has 0 bridgehead atoms. The van der Waals surface area contributed by atoms with Crippen molar-refractivity contribution < 1.29 is 0 Å². The van der Waals surface area contributed by atoms with Crippen molar-refractivity contribution in [2.24, 2.45) is 11.7 Å². The zero-order chi connectivity index (χ0) is 17.1. The summed E-state index contributed by atoms with van der Waals surface area (Å²) in [5.74, 6) is 0.511. The van der Waals surface area contributed by atoms with Gasteiger partial charge >= 0.3 is 0 Å². The van der Waals surface area contributed by atoms with Gasteiger partial charge in [-0.15, -0.1) is 0 Å². The van der Waals surface area contributed by atoms with Crippen LogP contribution in [-0.2, 0) is 0 Å². The normalized spacial score (nSPS) is 16.6. The summed E-state index contributed by atoms with van der Waals surface area (Å²) in [6.07, 6.45) is 0. The monoisotopic (exact) mass is 328 g/mol. The van der Waals surface area contributed by atoms with Crippen molar-refractivity contribution >= 4 is 0 Å². The molecule has 4 rings (SSSR count). The van der Waals surface area contributed by atoms with Crippen molar-refractivity contribution in [2.45, 2.75) is 12.1 Å². The summed E-state index contributed by atoms with van der Waals surface area (Å²) in [7, 11) is 0. The van der Waals surface area contributed by atoms with Gasteiger partial charge in [0.2, 0.25) is 0 Å². The van der Waals surface area contributed by atoms with Gasteiger partial charge in [-0.2, -0.15) is 0 Å². The Morgan fingerprint density at radius 3 is 1.48 bits per heavy atom. The zero-order valence-corrected chi connectivity index (χ0v) is 14.3. The van der Waals surface area contributed by atoms with Crippen molar-refractivity contribution in [2.75, 3.05) is 13.1 Å². The first-order chi connectivity index (χ1) is 12.3. The van der Waals surface area contributed by atoms with E-state index in [1.807, 2.05) is 6.07 Å². The highest BCUT2D eigenvalue weighted by atomic mass is 15.2. The van der Waals surface area contributed by atoms with E-state index in [1.54, 1.807) is 0 Å². The molecular formula is C23H24N2. The number of rotatable bonds is 5. The molecule has 3 aromatic carbocycles. The van der Waals surface area contributed by atoms with Crippen LogP contribution in [0.1, 0.15) is 28.8 Å². The van der Waals surface area contributed by atoms with Crippen LogP contribution < -0.4 is 5.73 Å². The zero-order valence-electron chi connectivity index (χ0n) is 14.3. The second-order valence-corrected chi connectivity index (χ2v) is 6.87. The molecule has 2 N–H and O–H groups in total. The second-order valence-electron chi connectivity index (χ2n) is 6.87. The van der Waals surface area contributed by atoms with E-state index in [2.05, 4.69) is 89.8 Å². The van der Waals surface area contributed by atoms with Gasteiger partial charge in [0.05, 0.1) is 6.04 Å². The highest BCUT2D eigenvalue weighted by molar-refractivity contribution is 5.33. The highest BCUT2D eigenvalue weighted by Crippen LogP contribution is 2.37. The van der Waals surface area contributed by atoms with Crippen LogP contribution in [0, 0.1) is 5.92 Å². The van der Waals surface area contributed by atoms with Crippen LogP contribution in [0.15, 0.2) is 91.0 Å². The standard InChI is InChI=1S/C23H24N2/c24-22(18-10-4-1-5-11-18)21-16-25(17-21)23(19-12-6-2-7-13-19)20-14-8-3-9-15-20/h1-15,21-23H,16-17,24H2. The molecule has 1 fully saturated rings. The van der Waals surface area contributed by atoms with Crippen LogP contribution in [0.3, 0.4) is 0 Å². The first-order valence-corrected chi connectivity index (χ1v) is 8.97. The van der Waals surface area contributed by atoms with Gasteiger partial charge in [-0.1, -0.05) is 91.0 Å². The summed E-state index contributed by atoms with van der Waals surface area (Å²) in [4.78, 5) is 2.54. The lowest BCUT2D eigenvalue weighted by molar-refractivity contribution is 0.0526. The maximum absolute atomic E-state index is 6.51. The van der Waals surface area contributed by atoms with E-state index in [1.165, 1.54) is 16.7 Å². The maximum atomic E-state index is 6.51. The van der Waals surface area contributed by atoms with Crippen LogP contribution >= 0.6 is 0 Å². The Hall–Kier alpha value is -2.42. The second kappa shape index (κ2) is 7.22. The number of likely N-dealkylation sites (tertiary alicyclic amines) is 1. The third-order valence-corrected chi connectivity index (χ3v) is 5.23. The first kappa shape index (κ1) is 16.1. The lowest BCUT2D eigenvalue weighted by atomic mass is 9.84. The van der Waals surface area contributed by atoms with Gasteiger partial charge in [-0.05, 0) is 16.7 Å². The van der Waals surface area contributed by atoms with Crippen molar-refractivity contribution in [3.63, 3.8) is 0 Å². The minimum absolute atomic E-state index is 0.115. The molecule has 0 spiro atoms. The summed E-state index contributed by atoms with van der Waals surface area (Å²) in [6, 6.07) is 32.4. The smallest absolute Gasteiger partial charge is 0.0602 e. The summed E-state index contributed by atoms with van der Waals surface area (Å²) in [5.41, 5.74) is 10.4. The summed E-state index contributed by atoms with van der Waals surface area (Å²) in [5, 5.41) is 0. The average molecular weight is 328 g/mol. The fourth-order valence-electron chi connectivity index (χ4n) is 3.82. The van der Waals surface area contributed by atoms with Crippen molar-refractivity contribution in [3.8, 4) is 0 Å². The van der Waals surface area contributed by atoms with Gasteiger partial charge < -0.3 is 5.73 Å². The van der Waals surface area contributed by atoms with E-state index in [9.17, 15) is 0 Å². The molecule has 1 unspecified atom stereocenters. The Morgan fingerprint density at radius 1 is 0.640 bits per heavy atom. The third-order valence-electron chi connectivity index (χ3n) is 5.23. The van der Waals surface area contributed by atoms with Crippen LogP contribution in [0.2, 0.25) is 0 Å². The van der Waals surface area contributed by atoms with Crippen LogP contribution in [0.25, 0.3) is 0 Å². The predicted molar refractivity (Wildman–Crippen MR) is 103 cm³/mol. The molecule has 1 atom stereocenters. The van der Waals surface area contributed by atoms with E-state index in [0.29, 0.717) is 12.0 Å². The van der Waals surface area contributed by atoms with E-state index in [-0.39, 0.29) is 6.04 Å². The average Bonchev–Trinajstić information content (AvgIpc) is 2.66. The topological polar surface area (TPSA) is 29.3 Å². The predicted octanol–water partition coefficient (Wildman–Crippen LogP) is 4.41. The molecule has 3 aromatic rings. The molecular weight excluding hydrogens is 304 g/mol. The molecule has 0 radical (unpaired) electrons. The molecule has 126 valence electrons. The van der Waals surface area contributed by atoms with Gasteiger partial charge in [0.15, 0.2) is 0 Å². The van der Waals surface area contributed by atoms with Gasteiger partial charge in [0.1, 0.15) is 0 Å². The van der Waals surface area contributed by atoms with E-state index >= 15 is 0 Å². The Balaban J connectivity index is 1.53. The molecule has 0 amide bonds. The van der Waals surface area contributed by atoms with Gasteiger partial charge in [0, 0.05) is 25.0 Å². The number of nitrogens with two attached hydrogens (primary N) is 1. The largest absolute Gasteiger partial charge is 0.324 e. The first-order valence-electron chi connectivity index (χ1n) is 8.97. The number of hydrogen-bond donors (Lipinski definition) is 1. The number of benzene rings is 3. The van der Waals surface area contributed by atoms with Crippen molar-refractivity contribution in [3.05, 3.63) is 108 Å². The molecule has 1 aliphatic heterocycles. The van der Waals surface area contributed by atoms with E-state index < -0.39 is 0 Å². The summed E-state index contributed by atoms with van der Waals surface area (Å²) in [6.45, 7) is 2.06. The quantitative estimate of drug-likeness (QED) is 0.752. The Kier molecular flexibility index (Phi) is 4.64. The fourth-order valence-corrected chi connectivity index (χ4v) is 3.82. The molecule has 1 aliphatic rings. The van der Waals surface area contributed by atoms with E-state index in [4.69, 9.17) is 5.73 Å². The molecule has 2 nitrogen and oxygen atoms in total. The molecule has 1 saturated heterocycles. The van der Waals surface area contributed by atoms with E-state index in [0.717, 1.165) is 13.1 Å². The SMILES string of the molecule is NC(c1ccccc1)C1CN(C(c2ccccc2)c2ccccc2)C1. The molecule has 0 aromatic heterocycles. The maximum Gasteiger partial charge on any atom is 0.0602 e. The minimum atomic E-state index is 0.115. The van der Waals surface area contributed by atoms with Crippen LogP contribution in [-0.4, -0.2) is 18.0 Å². The highest BCUT2D eigenvalue weighted by Gasteiger charge is 2.37. The lowest BCUT2D eigenvalue weighted by Crippen LogP contribution is -2.52. The Bertz CT molecular complexity index is 741. The number of nitrogens with zero attached hydrogens (tertiary/aromatic N) is 1. The lowest BCUT2D eigenvalue weighted by Gasteiger charge is -2.47. The molecule has 0 saturated carbocycles. The molecule has 25 heavy (non-hydrogen) atoms.